The van der Waals surface area contributed by atoms with E-state index in [1.54, 1.807) is 0 Å². The van der Waals surface area contributed by atoms with E-state index in [2.05, 4.69) is 18.6 Å². The van der Waals surface area contributed by atoms with Gasteiger partial charge in [0, 0.05) is 6.04 Å². The summed E-state index contributed by atoms with van der Waals surface area (Å²) in [6, 6.07) is 0.801. The highest BCUT2D eigenvalue weighted by atomic mass is 32.2. The fraction of sp³-hybridized carbons (Fsp3) is 1.00. The second-order valence-electron chi connectivity index (χ2n) is 4.07. The van der Waals surface area contributed by atoms with Crippen LogP contribution in [0.3, 0.4) is 0 Å². The van der Waals surface area contributed by atoms with Crippen LogP contribution in [0.1, 0.15) is 38.5 Å². The van der Waals surface area contributed by atoms with Crippen LogP contribution in [0.5, 0.6) is 0 Å². The van der Waals surface area contributed by atoms with Gasteiger partial charge in [-0.2, -0.15) is 11.8 Å². The first-order valence-electron chi connectivity index (χ1n) is 5.54. The summed E-state index contributed by atoms with van der Waals surface area (Å²) in [6.45, 7) is 0. The fourth-order valence-corrected chi connectivity index (χ4v) is 2.88. The molecule has 0 aliphatic heterocycles. The Morgan fingerprint density at radius 1 is 1.38 bits per heavy atom. The summed E-state index contributed by atoms with van der Waals surface area (Å²) < 4.78 is 0. The predicted octanol–water partition coefficient (Wildman–Crippen LogP) is 2.91. The van der Waals surface area contributed by atoms with Gasteiger partial charge in [-0.1, -0.05) is 12.8 Å². The zero-order chi connectivity index (χ0) is 9.52. The summed E-state index contributed by atoms with van der Waals surface area (Å²) in [5.74, 6) is 2.30. The van der Waals surface area contributed by atoms with Crippen LogP contribution in [-0.2, 0) is 0 Å². The van der Waals surface area contributed by atoms with Gasteiger partial charge in [0.25, 0.3) is 0 Å². The molecule has 0 aromatic carbocycles. The van der Waals surface area contributed by atoms with Gasteiger partial charge in [-0.3, -0.25) is 0 Å². The maximum absolute atomic E-state index is 3.49. The Kier molecular flexibility index (Phi) is 5.88. The molecule has 1 rings (SSSR count). The molecular weight excluding hydrogens is 178 g/mol. The van der Waals surface area contributed by atoms with Gasteiger partial charge >= 0.3 is 0 Å². The minimum atomic E-state index is 0.801. The van der Waals surface area contributed by atoms with Gasteiger partial charge in [-0.15, -0.1) is 0 Å². The monoisotopic (exact) mass is 201 g/mol. The van der Waals surface area contributed by atoms with E-state index in [9.17, 15) is 0 Å². The number of rotatable bonds is 6. The largest absolute Gasteiger partial charge is 0.317 e. The quantitative estimate of drug-likeness (QED) is 0.663. The number of thioether (sulfide) groups is 1. The van der Waals surface area contributed by atoms with Crippen molar-refractivity contribution in [2.24, 2.45) is 5.92 Å². The summed E-state index contributed by atoms with van der Waals surface area (Å²) in [4.78, 5) is 0. The molecule has 13 heavy (non-hydrogen) atoms. The highest BCUT2D eigenvalue weighted by molar-refractivity contribution is 7.98. The summed E-state index contributed by atoms with van der Waals surface area (Å²) in [6.07, 6.45) is 10.8. The molecule has 1 saturated carbocycles. The number of nitrogens with one attached hydrogen (secondary N) is 1. The van der Waals surface area contributed by atoms with Crippen molar-refractivity contribution in [1.29, 1.82) is 0 Å². The maximum atomic E-state index is 3.49. The lowest BCUT2D eigenvalue weighted by Crippen LogP contribution is -2.32. The Balaban J connectivity index is 2.16. The highest BCUT2D eigenvalue weighted by Gasteiger charge is 2.22. The molecule has 1 atom stereocenters. The summed E-state index contributed by atoms with van der Waals surface area (Å²) in [7, 11) is 2.13. The predicted molar refractivity (Wildman–Crippen MR) is 62.4 cm³/mol. The molecule has 0 aromatic heterocycles. The molecule has 1 unspecified atom stereocenters. The Labute approximate surface area is 87.1 Å². The summed E-state index contributed by atoms with van der Waals surface area (Å²) in [5, 5.41) is 3.49. The minimum Gasteiger partial charge on any atom is -0.317 e. The van der Waals surface area contributed by atoms with Crippen LogP contribution in [0.2, 0.25) is 0 Å². The third kappa shape index (κ3) is 3.90. The van der Waals surface area contributed by atoms with Crippen LogP contribution in [0.25, 0.3) is 0 Å². The summed E-state index contributed by atoms with van der Waals surface area (Å²) in [5.41, 5.74) is 0. The number of hydrogen-bond acceptors (Lipinski definition) is 2. The van der Waals surface area contributed by atoms with E-state index in [-0.39, 0.29) is 0 Å². The lowest BCUT2D eigenvalue weighted by Gasteiger charge is -2.22. The molecule has 0 aromatic rings. The molecule has 0 radical (unpaired) electrons. The molecule has 1 N–H and O–H groups in total. The van der Waals surface area contributed by atoms with E-state index in [0.717, 1.165) is 12.0 Å². The maximum Gasteiger partial charge on any atom is 0.00926 e. The lowest BCUT2D eigenvalue weighted by atomic mass is 9.95. The average molecular weight is 201 g/mol. The van der Waals surface area contributed by atoms with Crippen LogP contribution >= 0.6 is 11.8 Å². The van der Waals surface area contributed by atoms with E-state index < -0.39 is 0 Å². The molecule has 2 heteroatoms. The van der Waals surface area contributed by atoms with Crippen LogP contribution < -0.4 is 5.32 Å². The Bertz CT molecular complexity index is 121. The zero-order valence-corrected chi connectivity index (χ0v) is 9.83. The Morgan fingerprint density at radius 3 is 2.62 bits per heavy atom. The molecule has 1 nitrogen and oxygen atoms in total. The minimum absolute atomic E-state index is 0.801. The first kappa shape index (κ1) is 11.4. The molecule has 0 amide bonds. The van der Waals surface area contributed by atoms with Gasteiger partial charge in [-0.05, 0) is 50.7 Å². The molecule has 0 heterocycles. The van der Waals surface area contributed by atoms with Crippen molar-refractivity contribution in [2.45, 2.75) is 44.6 Å². The molecule has 78 valence electrons. The van der Waals surface area contributed by atoms with Crippen LogP contribution in [0, 0.1) is 5.92 Å². The summed E-state index contributed by atoms with van der Waals surface area (Å²) >= 11 is 1.97. The van der Waals surface area contributed by atoms with Gasteiger partial charge in [-0.25, -0.2) is 0 Å². The second-order valence-corrected chi connectivity index (χ2v) is 5.06. The molecule has 1 aliphatic rings. The van der Waals surface area contributed by atoms with E-state index >= 15 is 0 Å². The molecule has 0 bridgehead atoms. The van der Waals surface area contributed by atoms with E-state index in [4.69, 9.17) is 0 Å². The van der Waals surface area contributed by atoms with Gasteiger partial charge in [0.05, 0.1) is 0 Å². The standard InChI is InChI=1S/C11H23NS/c1-12-11(8-5-9-13-2)10-6-3-4-7-10/h10-12H,3-9H2,1-2H3. The third-order valence-corrected chi connectivity index (χ3v) is 3.90. The fourth-order valence-electron chi connectivity index (χ4n) is 2.42. The van der Waals surface area contributed by atoms with E-state index in [0.29, 0.717) is 0 Å². The van der Waals surface area contributed by atoms with Crippen LogP contribution in [-0.4, -0.2) is 25.1 Å². The Hall–Kier alpha value is 0.310. The van der Waals surface area contributed by atoms with Gasteiger partial charge < -0.3 is 5.32 Å². The molecular formula is C11H23NS. The van der Waals surface area contributed by atoms with Gasteiger partial charge in [0.15, 0.2) is 0 Å². The van der Waals surface area contributed by atoms with E-state index in [1.165, 1.54) is 44.3 Å². The van der Waals surface area contributed by atoms with E-state index in [1.807, 2.05) is 11.8 Å². The average Bonchev–Trinajstić information content (AvgIpc) is 2.65. The smallest absolute Gasteiger partial charge is 0.00926 e. The molecule has 0 spiro atoms. The van der Waals surface area contributed by atoms with Crippen molar-refractivity contribution in [3.05, 3.63) is 0 Å². The first-order chi connectivity index (χ1) is 6.38. The molecule has 0 saturated heterocycles. The van der Waals surface area contributed by atoms with Crippen molar-refractivity contribution >= 4 is 11.8 Å². The second kappa shape index (κ2) is 6.72. The van der Waals surface area contributed by atoms with Crippen molar-refractivity contribution < 1.29 is 0 Å². The highest BCUT2D eigenvalue weighted by Crippen LogP contribution is 2.29. The van der Waals surface area contributed by atoms with Gasteiger partial charge in [0.1, 0.15) is 0 Å². The van der Waals surface area contributed by atoms with Crippen molar-refractivity contribution in [3.63, 3.8) is 0 Å². The molecule has 1 fully saturated rings. The normalized spacial score (nSPS) is 20.8. The SMILES string of the molecule is CNC(CCCSC)C1CCCC1. The van der Waals surface area contributed by atoms with Crippen molar-refractivity contribution in [3.8, 4) is 0 Å². The van der Waals surface area contributed by atoms with Crippen LogP contribution in [0.4, 0.5) is 0 Å². The molecule has 1 aliphatic carbocycles. The first-order valence-corrected chi connectivity index (χ1v) is 6.94. The lowest BCUT2D eigenvalue weighted by molar-refractivity contribution is 0.358. The van der Waals surface area contributed by atoms with Gasteiger partial charge in [0.2, 0.25) is 0 Å². The topological polar surface area (TPSA) is 12.0 Å². The zero-order valence-electron chi connectivity index (χ0n) is 9.01. The number of hydrogen-bond donors (Lipinski definition) is 1. The van der Waals surface area contributed by atoms with Crippen LogP contribution in [0.15, 0.2) is 0 Å². The van der Waals surface area contributed by atoms with Crippen molar-refractivity contribution in [2.75, 3.05) is 19.1 Å². The Morgan fingerprint density at radius 2 is 2.08 bits per heavy atom. The van der Waals surface area contributed by atoms with Crippen molar-refractivity contribution in [1.82, 2.24) is 5.32 Å². The third-order valence-electron chi connectivity index (χ3n) is 3.20.